The zero-order valence-electron chi connectivity index (χ0n) is 32.1. The van der Waals surface area contributed by atoms with Crippen molar-refractivity contribution in [2.45, 2.75) is 69.6 Å². The topological polar surface area (TPSA) is 99.7 Å². The zero-order chi connectivity index (χ0) is 39.4. The van der Waals surface area contributed by atoms with Crippen LogP contribution in [0.25, 0.3) is 10.9 Å². The van der Waals surface area contributed by atoms with Crippen LogP contribution in [0.4, 0.5) is 35.0 Å². The summed E-state index contributed by atoms with van der Waals surface area (Å²) in [7, 11) is 5.21. The molecule has 11 nitrogen and oxygen atoms in total. The molecule has 0 bridgehead atoms. The van der Waals surface area contributed by atoms with Gasteiger partial charge in [-0.1, -0.05) is 12.5 Å². The van der Waals surface area contributed by atoms with Crippen LogP contribution in [0.5, 0.6) is 23.0 Å². The number of halogens is 3. The van der Waals surface area contributed by atoms with Gasteiger partial charge in [-0.25, -0.2) is 4.79 Å². The number of fused-ring (bicyclic) bond motifs is 1. The van der Waals surface area contributed by atoms with Crippen molar-refractivity contribution in [3.8, 4) is 23.0 Å². The van der Waals surface area contributed by atoms with Crippen LogP contribution < -0.4 is 34.2 Å². The van der Waals surface area contributed by atoms with E-state index in [4.69, 9.17) is 14.2 Å². The van der Waals surface area contributed by atoms with E-state index in [1.54, 1.807) is 78.7 Å². The molecule has 1 unspecified atom stereocenters. The lowest BCUT2D eigenvalue weighted by Gasteiger charge is -2.37. The number of pyridine rings is 1. The quantitative estimate of drug-likeness (QED) is 0.163. The molecule has 3 aliphatic heterocycles. The van der Waals surface area contributed by atoms with Gasteiger partial charge in [0.25, 0.3) is 0 Å². The zero-order valence-corrected chi connectivity index (χ0v) is 32.1. The van der Waals surface area contributed by atoms with Gasteiger partial charge in [-0.05, 0) is 94.6 Å². The first-order chi connectivity index (χ1) is 27.0. The lowest BCUT2D eigenvalue weighted by Crippen LogP contribution is -2.49. The Bertz CT molecular complexity index is 2040. The minimum Gasteiger partial charge on any atom is -0.493 e. The number of ether oxygens (including phenoxy) is 3. The van der Waals surface area contributed by atoms with Crippen molar-refractivity contribution in [2.24, 2.45) is 0 Å². The van der Waals surface area contributed by atoms with Gasteiger partial charge in [-0.3, -0.25) is 19.6 Å². The summed E-state index contributed by atoms with van der Waals surface area (Å²) in [5.74, 6) is 2.05. The molecule has 3 aliphatic rings. The maximum atomic E-state index is 14.7. The molecule has 0 radical (unpaired) electrons. The second-order valence-corrected chi connectivity index (χ2v) is 14.8. The minimum atomic E-state index is -4.64. The Labute approximate surface area is 325 Å². The van der Waals surface area contributed by atoms with Crippen LogP contribution in [-0.4, -0.2) is 87.9 Å². The maximum Gasteiger partial charge on any atom is 0.418 e. The summed E-state index contributed by atoms with van der Waals surface area (Å²) in [6.45, 7) is 2.48. The largest absolute Gasteiger partial charge is 0.493 e. The van der Waals surface area contributed by atoms with Gasteiger partial charge in [0, 0.05) is 85.5 Å². The number of urea groups is 1. The van der Waals surface area contributed by atoms with E-state index in [0.717, 1.165) is 25.5 Å². The van der Waals surface area contributed by atoms with Crippen LogP contribution in [0.15, 0.2) is 66.9 Å². The summed E-state index contributed by atoms with van der Waals surface area (Å²) in [6, 6.07) is 16.4. The molecule has 56 heavy (non-hydrogen) atoms. The average molecular weight is 775 g/mol. The van der Waals surface area contributed by atoms with Gasteiger partial charge >= 0.3 is 12.2 Å². The average Bonchev–Trinajstić information content (AvgIpc) is 3.20. The lowest BCUT2D eigenvalue weighted by molar-refractivity contribution is -0.137. The number of methoxy groups -OCH3 is 2. The Hall–Kier alpha value is -5.24. The third-order valence-electron chi connectivity index (χ3n) is 11.2. The molecule has 3 aromatic carbocycles. The third kappa shape index (κ3) is 8.59. The third-order valence-corrected chi connectivity index (χ3v) is 11.2. The summed E-state index contributed by atoms with van der Waals surface area (Å²) in [6.07, 6.45) is 3.40. The van der Waals surface area contributed by atoms with Gasteiger partial charge in [0.05, 0.1) is 25.3 Å². The van der Waals surface area contributed by atoms with Crippen molar-refractivity contribution in [3.63, 3.8) is 0 Å². The number of hydrogen-bond acceptors (Lipinski definition) is 8. The van der Waals surface area contributed by atoms with Crippen molar-refractivity contribution in [1.29, 1.82) is 0 Å². The molecule has 0 aliphatic carbocycles. The Morgan fingerprint density at radius 3 is 2.29 bits per heavy atom. The minimum absolute atomic E-state index is 0.00652. The summed E-state index contributed by atoms with van der Waals surface area (Å²) in [4.78, 5) is 38.2. The van der Waals surface area contributed by atoms with Crippen molar-refractivity contribution >= 4 is 39.9 Å². The molecule has 0 spiro atoms. The molecule has 14 heteroatoms. The van der Waals surface area contributed by atoms with Crippen LogP contribution in [0, 0.1) is 0 Å². The van der Waals surface area contributed by atoms with Crippen molar-refractivity contribution in [2.75, 3.05) is 68.7 Å². The number of carbonyl (C=O) groups excluding carboxylic acids is 2. The fourth-order valence-corrected chi connectivity index (χ4v) is 8.15. The number of piperidine rings is 2. The molecule has 1 N–H and O–H groups in total. The van der Waals surface area contributed by atoms with Crippen molar-refractivity contribution in [3.05, 3.63) is 72.4 Å². The number of rotatable bonds is 11. The standard InChI is InChI=1S/C42H49F3N6O5/c1-48-19-5-4-8-29(48)12-14-40(52)47-28-16-22-49(23-17-28)36-13-11-31(25-34(36)42(43,44)45)51-21-7-20-50(41(51)53)30-9-6-10-32(24-30)56-37-15-18-46-35-27-39(55-3)38(54-2)26-33(35)37/h6,9-11,13,15,18,24-29H,4-5,7-8,12,14,16-17,19-23H2,1-3H3,(H,47,52). The number of anilines is 3. The molecular weight excluding hydrogens is 725 g/mol. The predicted molar refractivity (Wildman–Crippen MR) is 210 cm³/mol. The summed E-state index contributed by atoms with van der Waals surface area (Å²) in [5.41, 5.74) is 0.676. The molecule has 298 valence electrons. The van der Waals surface area contributed by atoms with Crippen LogP contribution in [0.2, 0.25) is 0 Å². The summed E-state index contributed by atoms with van der Waals surface area (Å²) < 4.78 is 61.2. The number of alkyl halides is 3. The number of likely N-dealkylation sites (tertiary alicyclic amines) is 1. The Morgan fingerprint density at radius 1 is 0.839 bits per heavy atom. The highest BCUT2D eigenvalue weighted by Crippen LogP contribution is 2.41. The van der Waals surface area contributed by atoms with Gasteiger partial charge in [-0.2, -0.15) is 13.2 Å². The van der Waals surface area contributed by atoms with Crippen LogP contribution in [0.1, 0.15) is 56.9 Å². The number of nitrogens with one attached hydrogen (secondary N) is 1. The second kappa shape index (κ2) is 16.9. The van der Waals surface area contributed by atoms with Crippen LogP contribution in [-0.2, 0) is 11.0 Å². The van der Waals surface area contributed by atoms with E-state index in [-0.39, 0.29) is 29.9 Å². The number of aromatic nitrogens is 1. The van der Waals surface area contributed by atoms with E-state index in [1.165, 1.54) is 23.8 Å². The maximum absolute atomic E-state index is 14.7. The number of carbonyl (C=O) groups is 2. The van der Waals surface area contributed by atoms with E-state index >= 15 is 0 Å². The van der Waals surface area contributed by atoms with E-state index in [2.05, 4.69) is 22.2 Å². The van der Waals surface area contributed by atoms with E-state index in [0.29, 0.717) is 90.9 Å². The molecule has 7 rings (SSSR count). The van der Waals surface area contributed by atoms with E-state index < -0.39 is 17.8 Å². The fourth-order valence-electron chi connectivity index (χ4n) is 8.15. The highest BCUT2D eigenvalue weighted by Gasteiger charge is 2.38. The highest BCUT2D eigenvalue weighted by molar-refractivity contribution is 6.04. The molecule has 1 atom stereocenters. The monoisotopic (exact) mass is 774 g/mol. The lowest BCUT2D eigenvalue weighted by atomic mass is 9.98. The van der Waals surface area contributed by atoms with E-state index in [1.807, 2.05) is 0 Å². The first-order valence-electron chi connectivity index (χ1n) is 19.4. The van der Waals surface area contributed by atoms with Crippen LogP contribution in [0.3, 0.4) is 0 Å². The van der Waals surface area contributed by atoms with Gasteiger partial charge in [-0.15, -0.1) is 0 Å². The van der Waals surface area contributed by atoms with Gasteiger partial charge in [0.1, 0.15) is 11.5 Å². The molecule has 0 saturated carbocycles. The normalized spacial score (nSPS) is 18.6. The number of hydrogen-bond donors (Lipinski definition) is 1. The molecule has 4 aromatic rings. The van der Waals surface area contributed by atoms with Crippen molar-refractivity contribution < 1.29 is 37.0 Å². The number of amides is 3. The molecule has 1 aromatic heterocycles. The Kier molecular flexibility index (Phi) is 11.7. The van der Waals surface area contributed by atoms with Crippen molar-refractivity contribution in [1.82, 2.24) is 15.2 Å². The SMILES string of the molecule is COc1cc2nccc(Oc3cccc(N4CCCN(c5ccc(N6CCC(NC(=O)CCC7CCCCN7C)CC6)c(C(F)(F)F)c5)C4=O)c3)c2cc1OC. The molecule has 4 heterocycles. The molecule has 3 fully saturated rings. The second-order valence-electron chi connectivity index (χ2n) is 14.8. The first kappa shape index (κ1) is 39.0. The number of benzene rings is 3. The summed E-state index contributed by atoms with van der Waals surface area (Å²) >= 11 is 0. The molecule has 3 amide bonds. The van der Waals surface area contributed by atoms with Gasteiger partial charge in [0.15, 0.2) is 11.5 Å². The van der Waals surface area contributed by atoms with Gasteiger partial charge < -0.3 is 29.3 Å². The first-order valence-corrected chi connectivity index (χ1v) is 19.4. The molecule has 3 saturated heterocycles. The smallest absolute Gasteiger partial charge is 0.418 e. The highest BCUT2D eigenvalue weighted by atomic mass is 19.4. The molecular formula is C42H49F3N6O5. The summed E-state index contributed by atoms with van der Waals surface area (Å²) in [5, 5.41) is 3.82. The Morgan fingerprint density at radius 2 is 1.57 bits per heavy atom. The Balaban J connectivity index is 1.02. The fraction of sp³-hybridized carbons (Fsp3) is 0.452. The van der Waals surface area contributed by atoms with E-state index in [9.17, 15) is 22.8 Å². The van der Waals surface area contributed by atoms with Gasteiger partial charge in [0.2, 0.25) is 5.91 Å². The predicted octanol–water partition coefficient (Wildman–Crippen LogP) is 8.25. The van der Waals surface area contributed by atoms with Crippen LogP contribution >= 0.6 is 0 Å². The number of nitrogens with zero attached hydrogens (tertiary/aromatic N) is 5.